The van der Waals surface area contributed by atoms with Crippen LogP contribution >= 0.6 is 0 Å². The van der Waals surface area contributed by atoms with Crippen LogP contribution in [0.3, 0.4) is 0 Å². The van der Waals surface area contributed by atoms with Gasteiger partial charge in [-0.15, -0.1) is 0 Å². The number of aliphatic carboxylic acids is 1. The van der Waals surface area contributed by atoms with Gasteiger partial charge in [0.15, 0.2) is 0 Å². The molecule has 21 heavy (non-hydrogen) atoms. The van der Waals surface area contributed by atoms with Crippen molar-refractivity contribution in [2.75, 3.05) is 0 Å². The molecular formula is C18H18O3. The number of hydrogen-bond acceptors (Lipinski definition) is 2. The summed E-state index contributed by atoms with van der Waals surface area (Å²) in [5.41, 5.74) is 1.79. The van der Waals surface area contributed by atoms with Crippen LogP contribution in [0, 0.1) is 5.92 Å². The zero-order chi connectivity index (χ0) is 15.2. The predicted octanol–water partition coefficient (Wildman–Crippen LogP) is 3.50. The highest BCUT2D eigenvalue weighted by molar-refractivity contribution is 5.92. The Morgan fingerprint density at radius 3 is 1.71 bits per heavy atom. The molecule has 2 aromatic carbocycles. The van der Waals surface area contributed by atoms with Gasteiger partial charge in [0, 0.05) is 5.92 Å². The fraction of sp³-hybridized carbons (Fsp3) is 0.222. The van der Waals surface area contributed by atoms with Crippen LogP contribution in [-0.2, 0) is 9.59 Å². The van der Waals surface area contributed by atoms with Crippen LogP contribution in [0.5, 0.6) is 0 Å². The summed E-state index contributed by atoms with van der Waals surface area (Å²) in [5, 5.41) is 8.90. The molecule has 0 amide bonds. The zero-order valence-electron chi connectivity index (χ0n) is 11.9. The van der Waals surface area contributed by atoms with E-state index in [1.165, 1.54) is 0 Å². The van der Waals surface area contributed by atoms with Crippen molar-refractivity contribution in [2.24, 2.45) is 5.92 Å². The molecule has 0 saturated heterocycles. The van der Waals surface area contributed by atoms with Gasteiger partial charge in [-0.25, -0.2) is 0 Å². The van der Waals surface area contributed by atoms with Crippen molar-refractivity contribution >= 4 is 11.8 Å². The van der Waals surface area contributed by atoms with Crippen LogP contribution < -0.4 is 0 Å². The fourth-order valence-corrected chi connectivity index (χ4v) is 2.46. The first-order valence-corrected chi connectivity index (χ1v) is 6.95. The Balaban J connectivity index is 2.37. The summed E-state index contributed by atoms with van der Waals surface area (Å²) in [5.74, 6) is -1.94. The van der Waals surface area contributed by atoms with Crippen LogP contribution in [0.4, 0.5) is 0 Å². The maximum absolute atomic E-state index is 12.7. The number of Topliss-reactive ketones (excluding diaryl/α,β-unsaturated/α-hetero) is 1. The lowest BCUT2D eigenvalue weighted by Gasteiger charge is -2.20. The van der Waals surface area contributed by atoms with Crippen molar-refractivity contribution in [3.05, 3.63) is 71.8 Å². The summed E-state index contributed by atoms with van der Waals surface area (Å²) in [6.07, 6.45) is -0.144. The lowest BCUT2D eigenvalue weighted by molar-refractivity contribution is -0.140. The van der Waals surface area contributed by atoms with Crippen LogP contribution in [-0.4, -0.2) is 16.9 Å². The lowest BCUT2D eigenvalue weighted by Crippen LogP contribution is -2.23. The monoisotopic (exact) mass is 282 g/mol. The molecule has 3 heteroatoms. The van der Waals surface area contributed by atoms with E-state index >= 15 is 0 Å². The quantitative estimate of drug-likeness (QED) is 0.882. The standard InChI is InChI=1S/C18H18O3/c1-13(12-16(19)20)18(21)17(14-8-4-2-5-9-14)15-10-6-3-7-11-15/h2-11,13,17H,12H2,1H3,(H,19,20). The molecule has 0 radical (unpaired) electrons. The molecule has 0 fully saturated rings. The first kappa shape index (κ1) is 15.0. The lowest BCUT2D eigenvalue weighted by atomic mass is 9.82. The number of carbonyl (C=O) groups is 2. The predicted molar refractivity (Wildman–Crippen MR) is 81.2 cm³/mol. The van der Waals surface area contributed by atoms with Crippen LogP contribution in [0.2, 0.25) is 0 Å². The molecule has 0 heterocycles. The van der Waals surface area contributed by atoms with E-state index in [1.54, 1.807) is 6.92 Å². The van der Waals surface area contributed by atoms with Crippen molar-refractivity contribution in [2.45, 2.75) is 19.3 Å². The van der Waals surface area contributed by atoms with Crippen LogP contribution in [0.15, 0.2) is 60.7 Å². The van der Waals surface area contributed by atoms with Crippen LogP contribution in [0.25, 0.3) is 0 Å². The van der Waals surface area contributed by atoms with Gasteiger partial charge in [0.05, 0.1) is 12.3 Å². The maximum Gasteiger partial charge on any atom is 0.304 e. The van der Waals surface area contributed by atoms with Crippen molar-refractivity contribution in [1.82, 2.24) is 0 Å². The second-order valence-corrected chi connectivity index (χ2v) is 5.16. The second kappa shape index (κ2) is 6.84. The first-order chi connectivity index (χ1) is 10.1. The zero-order valence-corrected chi connectivity index (χ0v) is 11.9. The van der Waals surface area contributed by atoms with Gasteiger partial charge < -0.3 is 5.11 Å². The molecule has 0 aliphatic carbocycles. The summed E-state index contributed by atoms with van der Waals surface area (Å²) < 4.78 is 0. The van der Waals surface area contributed by atoms with Gasteiger partial charge in [-0.1, -0.05) is 67.6 Å². The smallest absolute Gasteiger partial charge is 0.304 e. The van der Waals surface area contributed by atoms with E-state index in [0.717, 1.165) is 11.1 Å². The normalized spacial score (nSPS) is 12.1. The molecule has 1 atom stereocenters. The van der Waals surface area contributed by atoms with Gasteiger partial charge in [-0.05, 0) is 11.1 Å². The summed E-state index contributed by atoms with van der Waals surface area (Å²) in [6.45, 7) is 1.68. The van der Waals surface area contributed by atoms with E-state index < -0.39 is 17.8 Å². The minimum absolute atomic E-state index is 0.0604. The third-order valence-corrected chi connectivity index (χ3v) is 3.52. The number of benzene rings is 2. The number of carbonyl (C=O) groups excluding carboxylic acids is 1. The third-order valence-electron chi connectivity index (χ3n) is 3.52. The fourth-order valence-electron chi connectivity index (χ4n) is 2.46. The van der Waals surface area contributed by atoms with Gasteiger partial charge in [-0.2, -0.15) is 0 Å². The number of carboxylic acid groups (broad SMARTS) is 1. The topological polar surface area (TPSA) is 54.4 Å². The molecule has 1 N–H and O–H groups in total. The number of carboxylic acids is 1. The minimum atomic E-state index is -0.948. The highest BCUT2D eigenvalue weighted by atomic mass is 16.4. The van der Waals surface area contributed by atoms with Gasteiger partial charge in [-0.3, -0.25) is 9.59 Å². The molecule has 2 rings (SSSR count). The molecule has 1 unspecified atom stereocenters. The highest BCUT2D eigenvalue weighted by Crippen LogP contribution is 2.29. The van der Waals surface area contributed by atoms with E-state index in [4.69, 9.17) is 5.11 Å². The summed E-state index contributed by atoms with van der Waals surface area (Å²) in [4.78, 5) is 23.6. The Labute approximate surface area is 124 Å². The van der Waals surface area contributed by atoms with Gasteiger partial charge in [0.1, 0.15) is 5.78 Å². The maximum atomic E-state index is 12.7. The Morgan fingerprint density at radius 2 is 1.33 bits per heavy atom. The molecular weight excluding hydrogens is 264 g/mol. The summed E-state index contributed by atoms with van der Waals surface area (Å²) in [6, 6.07) is 19.0. The Morgan fingerprint density at radius 1 is 0.905 bits per heavy atom. The summed E-state index contributed by atoms with van der Waals surface area (Å²) in [7, 11) is 0. The molecule has 0 saturated carbocycles. The molecule has 2 aromatic rings. The molecule has 108 valence electrons. The highest BCUT2D eigenvalue weighted by Gasteiger charge is 2.28. The summed E-state index contributed by atoms with van der Waals surface area (Å²) >= 11 is 0. The van der Waals surface area contributed by atoms with E-state index in [0.29, 0.717) is 0 Å². The molecule has 0 aliphatic heterocycles. The number of rotatable bonds is 6. The van der Waals surface area contributed by atoms with Crippen molar-refractivity contribution < 1.29 is 14.7 Å². The molecule has 0 bridgehead atoms. The van der Waals surface area contributed by atoms with E-state index in [2.05, 4.69) is 0 Å². The Kier molecular flexibility index (Phi) is 4.88. The average molecular weight is 282 g/mol. The second-order valence-electron chi connectivity index (χ2n) is 5.16. The van der Waals surface area contributed by atoms with Gasteiger partial charge >= 0.3 is 5.97 Å². The molecule has 3 nitrogen and oxygen atoms in total. The van der Waals surface area contributed by atoms with Crippen molar-refractivity contribution in [3.8, 4) is 0 Å². The Hall–Kier alpha value is -2.42. The van der Waals surface area contributed by atoms with Crippen LogP contribution in [0.1, 0.15) is 30.4 Å². The van der Waals surface area contributed by atoms with Crippen molar-refractivity contribution in [1.29, 1.82) is 0 Å². The third kappa shape index (κ3) is 3.78. The number of hydrogen-bond donors (Lipinski definition) is 1. The minimum Gasteiger partial charge on any atom is -0.481 e. The number of ketones is 1. The van der Waals surface area contributed by atoms with E-state index in [1.807, 2.05) is 60.7 Å². The van der Waals surface area contributed by atoms with Crippen molar-refractivity contribution in [3.63, 3.8) is 0 Å². The van der Waals surface area contributed by atoms with E-state index in [9.17, 15) is 9.59 Å². The first-order valence-electron chi connectivity index (χ1n) is 6.95. The van der Waals surface area contributed by atoms with E-state index in [-0.39, 0.29) is 12.2 Å². The van der Waals surface area contributed by atoms with Gasteiger partial charge in [0.25, 0.3) is 0 Å². The average Bonchev–Trinajstić information content (AvgIpc) is 2.49. The Bertz CT molecular complexity index is 565. The molecule has 0 spiro atoms. The SMILES string of the molecule is CC(CC(=O)O)C(=O)C(c1ccccc1)c1ccccc1. The molecule has 0 aromatic heterocycles. The molecule has 0 aliphatic rings. The largest absolute Gasteiger partial charge is 0.481 e. The van der Waals surface area contributed by atoms with Gasteiger partial charge in [0.2, 0.25) is 0 Å².